The van der Waals surface area contributed by atoms with Crippen LogP contribution in [0.15, 0.2) is 106 Å². The second-order valence-corrected chi connectivity index (χ2v) is 20.1. The van der Waals surface area contributed by atoms with Gasteiger partial charge in [0.05, 0.1) is 0 Å². The Bertz CT molecular complexity index is 1210. The molecule has 0 amide bonds. The standard InChI is InChI=1S/C24H21Br2O2PS2/c1-31(27,28)23-18-30-22(24(23)25)17-29(26,19-11-5-2-6-12-19,20-13-7-3-8-14-20)21-15-9-4-10-16-21/h2-16,18H,17H2,1H3. The zero-order valence-electron chi connectivity index (χ0n) is 16.8. The number of hydrogen-bond donors (Lipinski definition) is 0. The van der Waals surface area contributed by atoms with Crippen LogP contribution in [0.3, 0.4) is 0 Å². The number of hydrogen-bond acceptors (Lipinski definition) is 3. The third-order valence-corrected chi connectivity index (χ3v) is 18.9. The van der Waals surface area contributed by atoms with Gasteiger partial charge in [0.15, 0.2) is 0 Å². The summed E-state index contributed by atoms with van der Waals surface area (Å²) in [7, 11) is -3.32. The van der Waals surface area contributed by atoms with Gasteiger partial charge in [-0.15, -0.1) is 0 Å². The molecule has 0 N–H and O–H groups in total. The summed E-state index contributed by atoms with van der Waals surface area (Å²) in [5, 5.41) is 2.18. The fraction of sp³-hybridized carbons (Fsp3) is 0.0833. The van der Waals surface area contributed by atoms with E-state index in [1.54, 1.807) is 5.38 Å². The molecule has 31 heavy (non-hydrogen) atoms. The fourth-order valence-corrected chi connectivity index (χ4v) is 16.6. The van der Waals surface area contributed by atoms with Crippen LogP contribution in [0.25, 0.3) is 0 Å². The maximum absolute atomic E-state index is 12.3. The van der Waals surface area contributed by atoms with Crippen molar-refractivity contribution in [2.75, 3.05) is 6.26 Å². The van der Waals surface area contributed by atoms with Gasteiger partial charge in [-0.1, -0.05) is 0 Å². The zero-order chi connectivity index (χ0) is 22.1. The Morgan fingerprint density at radius 2 is 1.16 bits per heavy atom. The van der Waals surface area contributed by atoms with E-state index in [1.807, 2.05) is 18.2 Å². The third kappa shape index (κ3) is 3.98. The van der Waals surface area contributed by atoms with Crippen molar-refractivity contribution in [1.82, 2.24) is 0 Å². The van der Waals surface area contributed by atoms with Crippen molar-refractivity contribution in [3.05, 3.63) is 106 Å². The summed E-state index contributed by atoms with van der Waals surface area (Å²) < 4.78 is 25.3. The van der Waals surface area contributed by atoms with Gasteiger partial charge >= 0.3 is 205 Å². The van der Waals surface area contributed by atoms with Crippen molar-refractivity contribution in [2.45, 2.75) is 11.1 Å². The van der Waals surface area contributed by atoms with Crippen molar-refractivity contribution >= 4 is 73.8 Å². The maximum atomic E-state index is 12.3. The summed E-state index contributed by atoms with van der Waals surface area (Å²) in [4.78, 5) is 1.35. The van der Waals surface area contributed by atoms with E-state index in [0.29, 0.717) is 15.5 Å². The molecular weight excluding hydrogens is 575 g/mol. The first-order valence-electron chi connectivity index (χ1n) is 9.60. The molecule has 3 aromatic carbocycles. The van der Waals surface area contributed by atoms with Crippen LogP contribution in [0.5, 0.6) is 0 Å². The Labute approximate surface area is 204 Å². The van der Waals surface area contributed by atoms with Gasteiger partial charge in [0, 0.05) is 0 Å². The fourth-order valence-electron chi connectivity index (χ4n) is 3.93. The molecule has 0 bridgehead atoms. The van der Waals surface area contributed by atoms with Crippen LogP contribution in [0.4, 0.5) is 0 Å². The first-order valence-corrected chi connectivity index (χ1v) is 17.6. The topological polar surface area (TPSA) is 34.1 Å². The van der Waals surface area contributed by atoms with E-state index >= 15 is 0 Å². The summed E-state index contributed by atoms with van der Waals surface area (Å²) in [6, 6.07) is 31.5. The molecule has 0 aliphatic rings. The molecule has 0 aliphatic heterocycles. The van der Waals surface area contributed by atoms with Crippen molar-refractivity contribution in [3.63, 3.8) is 0 Å². The number of halogens is 2. The predicted molar refractivity (Wildman–Crippen MR) is 143 cm³/mol. The summed E-state index contributed by atoms with van der Waals surface area (Å²) >= 11 is 9.52. The van der Waals surface area contributed by atoms with Crippen LogP contribution in [0.2, 0.25) is 0 Å². The van der Waals surface area contributed by atoms with Crippen molar-refractivity contribution in [3.8, 4) is 0 Å². The molecule has 160 valence electrons. The molecule has 1 heterocycles. The molecule has 4 rings (SSSR count). The predicted octanol–water partition coefficient (Wildman–Crippen LogP) is 6.25. The van der Waals surface area contributed by atoms with Gasteiger partial charge in [0.1, 0.15) is 0 Å². The number of rotatable bonds is 6. The molecule has 0 aliphatic carbocycles. The summed E-state index contributed by atoms with van der Waals surface area (Å²) in [5.74, 6) is 0. The van der Waals surface area contributed by atoms with Crippen molar-refractivity contribution < 1.29 is 8.42 Å². The third-order valence-electron chi connectivity index (χ3n) is 5.49. The van der Waals surface area contributed by atoms with Gasteiger partial charge in [0.2, 0.25) is 0 Å². The SMILES string of the molecule is CS(=O)(=O)c1csc(CP(Br)(c2ccccc2)(c2ccccc2)c2ccccc2)c1Br. The Hall–Kier alpha value is -1.30. The van der Waals surface area contributed by atoms with E-state index < -0.39 is 15.1 Å². The first-order chi connectivity index (χ1) is 14.7. The number of sulfone groups is 1. The molecule has 0 radical (unpaired) electrons. The summed E-state index contributed by atoms with van der Waals surface area (Å²) in [6.07, 6.45) is 1.91. The average Bonchev–Trinajstić information content (AvgIpc) is 3.16. The summed E-state index contributed by atoms with van der Waals surface area (Å²) in [5.41, 5.74) is 0. The van der Waals surface area contributed by atoms with Crippen LogP contribution in [0, 0.1) is 0 Å². The molecule has 1 aromatic heterocycles. The van der Waals surface area contributed by atoms with E-state index in [1.165, 1.54) is 33.5 Å². The molecule has 4 aromatic rings. The second kappa shape index (κ2) is 8.57. The molecule has 0 saturated carbocycles. The monoisotopic (exact) mass is 594 g/mol. The summed E-state index contributed by atoms with van der Waals surface area (Å²) in [6.45, 7) is 0. The molecule has 0 saturated heterocycles. The van der Waals surface area contributed by atoms with Gasteiger partial charge in [-0.3, -0.25) is 0 Å². The molecule has 0 unspecified atom stereocenters. The molecule has 2 nitrogen and oxygen atoms in total. The van der Waals surface area contributed by atoms with Gasteiger partial charge in [-0.05, 0) is 0 Å². The molecule has 0 atom stereocenters. The first kappa shape index (κ1) is 22.9. The van der Waals surface area contributed by atoms with E-state index in [-0.39, 0.29) is 0 Å². The van der Waals surface area contributed by atoms with Gasteiger partial charge < -0.3 is 0 Å². The van der Waals surface area contributed by atoms with E-state index in [0.717, 1.165) is 4.88 Å². The van der Waals surface area contributed by atoms with Gasteiger partial charge in [0.25, 0.3) is 0 Å². The quantitative estimate of drug-likeness (QED) is 0.247. The average molecular weight is 596 g/mol. The zero-order valence-corrected chi connectivity index (χ0v) is 22.5. The van der Waals surface area contributed by atoms with Crippen LogP contribution in [-0.4, -0.2) is 14.7 Å². The number of thiophene rings is 1. The molecular formula is C24H21Br2O2PS2. The second-order valence-electron chi connectivity index (χ2n) is 7.46. The van der Waals surface area contributed by atoms with Crippen molar-refractivity contribution in [2.24, 2.45) is 0 Å². The van der Waals surface area contributed by atoms with Gasteiger partial charge in [-0.2, -0.15) is 0 Å². The minimum atomic E-state index is -3.32. The van der Waals surface area contributed by atoms with Crippen molar-refractivity contribution in [1.29, 1.82) is 0 Å². The van der Waals surface area contributed by atoms with Crippen LogP contribution in [0.1, 0.15) is 4.88 Å². The molecule has 0 fully saturated rings. The van der Waals surface area contributed by atoms with Gasteiger partial charge in [-0.25, -0.2) is 0 Å². The van der Waals surface area contributed by atoms with E-state index in [2.05, 4.69) is 104 Å². The molecule has 7 heteroatoms. The Kier molecular flexibility index (Phi) is 6.32. The van der Waals surface area contributed by atoms with Crippen LogP contribution >= 0.6 is 48.1 Å². The van der Waals surface area contributed by atoms with Crippen LogP contribution in [-0.2, 0) is 16.0 Å². The molecule has 0 spiro atoms. The van der Waals surface area contributed by atoms with E-state index in [9.17, 15) is 8.42 Å². The number of benzene rings is 3. The van der Waals surface area contributed by atoms with Crippen LogP contribution < -0.4 is 15.9 Å². The Morgan fingerprint density at radius 3 is 1.48 bits per heavy atom. The minimum absolute atomic E-state index is 0.347. The Morgan fingerprint density at radius 1 is 0.774 bits per heavy atom. The Balaban J connectivity index is 2.08. The normalized spacial score (nSPS) is 13.5. The van der Waals surface area contributed by atoms with E-state index in [4.69, 9.17) is 0 Å².